The fourth-order valence-corrected chi connectivity index (χ4v) is 1.42. The zero-order valence-electron chi connectivity index (χ0n) is 8.89. The Labute approximate surface area is 93.4 Å². The number of anilines is 1. The van der Waals surface area contributed by atoms with E-state index < -0.39 is 5.95 Å². The summed E-state index contributed by atoms with van der Waals surface area (Å²) in [4.78, 5) is 7.81. The van der Waals surface area contributed by atoms with Crippen LogP contribution in [-0.4, -0.2) is 9.97 Å². The average molecular weight is 217 g/mol. The van der Waals surface area contributed by atoms with Crippen molar-refractivity contribution in [1.29, 1.82) is 0 Å². The molecular weight excluding hydrogens is 205 g/mol. The molecule has 0 aliphatic heterocycles. The van der Waals surface area contributed by atoms with Crippen molar-refractivity contribution in [3.05, 3.63) is 54.4 Å². The first-order chi connectivity index (χ1) is 7.75. The van der Waals surface area contributed by atoms with Crippen molar-refractivity contribution < 1.29 is 4.39 Å². The molecule has 0 aromatic carbocycles. The normalized spacial score (nSPS) is 12.1. The van der Waals surface area contributed by atoms with Crippen LogP contribution in [-0.2, 0) is 0 Å². The van der Waals surface area contributed by atoms with Crippen LogP contribution in [0, 0.1) is 5.95 Å². The van der Waals surface area contributed by atoms with E-state index in [2.05, 4.69) is 15.3 Å². The first-order valence-corrected chi connectivity index (χ1v) is 5.05. The van der Waals surface area contributed by atoms with Crippen LogP contribution in [0.2, 0.25) is 0 Å². The van der Waals surface area contributed by atoms with E-state index in [0.29, 0.717) is 0 Å². The Balaban J connectivity index is 2.08. The molecule has 0 spiro atoms. The fourth-order valence-electron chi connectivity index (χ4n) is 1.42. The summed E-state index contributed by atoms with van der Waals surface area (Å²) >= 11 is 0. The maximum Gasteiger partial charge on any atom is 0.212 e. The molecular formula is C12H12FN3. The van der Waals surface area contributed by atoms with Gasteiger partial charge in [-0.3, -0.25) is 4.98 Å². The highest BCUT2D eigenvalue weighted by atomic mass is 19.1. The van der Waals surface area contributed by atoms with Crippen LogP contribution in [0.25, 0.3) is 0 Å². The SMILES string of the molecule is CC(Nc1ccc(F)nc1)c1ccccn1. The topological polar surface area (TPSA) is 37.8 Å². The molecule has 2 aromatic heterocycles. The highest BCUT2D eigenvalue weighted by Gasteiger charge is 2.05. The van der Waals surface area contributed by atoms with E-state index >= 15 is 0 Å². The third-order valence-corrected chi connectivity index (χ3v) is 2.24. The van der Waals surface area contributed by atoms with E-state index in [9.17, 15) is 4.39 Å². The molecule has 0 aliphatic rings. The monoisotopic (exact) mass is 217 g/mol. The van der Waals surface area contributed by atoms with E-state index in [-0.39, 0.29) is 6.04 Å². The maximum absolute atomic E-state index is 12.6. The molecule has 82 valence electrons. The number of rotatable bonds is 3. The lowest BCUT2D eigenvalue weighted by Gasteiger charge is -2.13. The van der Waals surface area contributed by atoms with Crippen molar-refractivity contribution in [1.82, 2.24) is 9.97 Å². The van der Waals surface area contributed by atoms with Gasteiger partial charge in [0.25, 0.3) is 0 Å². The van der Waals surface area contributed by atoms with Crippen LogP contribution in [0.5, 0.6) is 0 Å². The van der Waals surface area contributed by atoms with E-state index in [1.807, 2.05) is 25.1 Å². The first-order valence-electron chi connectivity index (χ1n) is 5.05. The van der Waals surface area contributed by atoms with E-state index in [1.54, 1.807) is 12.3 Å². The zero-order valence-corrected chi connectivity index (χ0v) is 8.89. The third-order valence-electron chi connectivity index (χ3n) is 2.24. The van der Waals surface area contributed by atoms with Gasteiger partial charge in [-0.15, -0.1) is 0 Å². The number of aromatic nitrogens is 2. The van der Waals surface area contributed by atoms with Gasteiger partial charge in [-0.1, -0.05) is 6.07 Å². The molecule has 1 N–H and O–H groups in total. The van der Waals surface area contributed by atoms with Gasteiger partial charge in [-0.25, -0.2) is 4.98 Å². The largest absolute Gasteiger partial charge is 0.376 e. The van der Waals surface area contributed by atoms with Crippen molar-refractivity contribution in [3.8, 4) is 0 Å². The number of hydrogen-bond acceptors (Lipinski definition) is 3. The number of nitrogens with zero attached hydrogens (tertiary/aromatic N) is 2. The molecule has 2 aromatic rings. The molecule has 0 saturated heterocycles. The molecule has 0 saturated carbocycles. The Kier molecular flexibility index (Phi) is 3.10. The van der Waals surface area contributed by atoms with Gasteiger partial charge in [0.05, 0.1) is 23.6 Å². The number of hydrogen-bond donors (Lipinski definition) is 1. The minimum Gasteiger partial charge on any atom is -0.376 e. The summed E-state index contributed by atoms with van der Waals surface area (Å²) in [5, 5.41) is 3.19. The van der Waals surface area contributed by atoms with Gasteiger partial charge in [0.15, 0.2) is 0 Å². The van der Waals surface area contributed by atoms with Crippen LogP contribution >= 0.6 is 0 Å². The highest BCUT2D eigenvalue weighted by Crippen LogP contribution is 2.16. The molecule has 0 radical (unpaired) electrons. The third kappa shape index (κ3) is 2.53. The summed E-state index contributed by atoms with van der Waals surface area (Å²) in [6.45, 7) is 1.99. The first kappa shape index (κ1) is 10.5. The summed E-state index contributed by atoms with van der Waals surface area (Å²) in [6, 6.07) is 8.79. The summed E-state index contributed by atoms with van der Waals surface area (Å²) in [7, 11) is 0. The van der Waals surface area contributed by atoms with Crippen molar-refractivity contribution >= 4 is 5.69 Å². The summed E-state index contributed by atoms with van der Waals surface area (Å²) < 4.78 is 12.6. The highest BCUT2D eigenvalue weighted by molar-refractivity contribution is 5.41. The molecule has 2 heterocycles. The molecule has 1 atom stereocenters. The Bertz CT molecular complexity index is 442. The molecule has 16 heavy (non-hydrogen) atoms. The standard InChI is InChI=1S/C12H12FN3/c1-9(11-4-2-3-7-14-11)16-10-5-6-12(13)15-8-10/h2-9,16H,1H3. The van der Waals surface area contributed by atoms with Crippen molar-refractivity contribution in [2.75, 3.05) is 5.32 Å². The van der Waals surface area contributed by atoms with E-state index in [1.165, 1.54) is 12.3 Å². The second kappa shape index (κ2) is 4.70. The smallest absolute Gasteiger partial charge is 0.212 e. The second-order valence-electron chi connectivity index (χ2n) is 3.49. The van der Waals surface area contributed by atoms with Crippen LogP contribution in [0.1, 0.15) is 18.7 Å². The van der Waals surface area contributed by atoms with Crippen molar-refractivity contribution in [2.45, 2.75) is 13.0 Å². The van der Waals surface area contributed by atoms with Gasteiger partial charge in [-0.2, -0.15) is 4.39 Å². The Morgan fingerprint density at radius 2 is 2.06 bits per heavy atom. The number of pyridine rings is 2. The van der Waals surface area contributed by atoms with Gasteiger partial charge < -0.3 is 5.32 Å². The van der Waals surface area contributed by atoms with Gasteiger partial charge in [0, 0.05) is 6.20 Å². The molecule has 0 amide bonds. The van der Waals surface area contributed by atoms with E-state index in [0.717, 1.165) is 11.4 Å². The quantitative estimate of drug-likeness (QED) is 0.803. The molecule has 1 unspecified atom stereocenters. The molecule has 3 nitrogen and oxygen atoms in total. The minimum atomic E-state index is -0.476. The molecule has 0 aliphatic carbocycles. The lowest BCUT2D eigenvalue weighted by Crippen LogP contribution is -2.08. The zero-order chi connectivity index (χ0) is 11.4. The van der Waals surface area contributed by atoms with Crippen LogP contribution < -0.4 is 5.32 Å². The molecule has 2 rings (SSSR count). The van der Waals surface area contributed by atoms with Crippen LogP contribution in [0.3, 0.4) is 0 Å². The summed E-state index contributed by atoms with van der Waals surface area (Å²) in [5.41, 5.74) is 1.71. The predicted molar refractivity (Wildman–Crippen MR) is 60.5 cm³/mol. The predicted octanol–water partition coefficient (Wildman–Crippen LogP) is 2.79. The van der Waals surface area contributed by atoms with Crippen molar-refractivity contribution in [2.24, 2.45) is 0 Å². The lowest BCUT2D eigenvalue weighted by molar-refractivity contribution is 0.584. The van der Waals surface area contributed by atoms with Gasteiger partial charge in [0.2, 0.25) is 5.95 Å². The van der Waals surface area contributed by atoms with Crippen LogP contribution in [0.15, 0.2) is 42.7 Å². The maximum atomic E-state index is 12.6. The Morgan fingerprint density at radius 1 is 1.19 bits per heavy atom. The van der Waals surface area contributed by atoms with Crippen LogP contribution in [0.4, 0.5) is 10.1 Å². The second-order valence-corrected chi connectivity index (χ2v) is 3.49. The van der Waals surface area contributed by atoms with Crippen molar-refractivity contribution in [3.63, 3.8) is 0 Å². The van der Waals surface area contributed by atoms with Gasteiger partial charge in [-0.05, 0) is 31.2 Å². The van der Waals surface area contributed by atoms with Gasteiger partial charge >= 0.3 is 0 Å². The number of halogens is 1. The lowest BCUT2D eigenvalue weighted by atomic mass is 10.2. The Hall–Kier alpha value is -1.97. The molecule has 0 bridgehead atoms. The Morgan fingerprint density at radius 3 is 2.69 bits per heavy atom. The average Bonchev–Trinajstić information content (AvgIpc) is 2.33. The minimum absolute atomic E-state index is 0.0634. The number of nitrogens with one attached hydrogen (secondary N) is 1. The van der Waals surface area contributed by atoms with E-state index in [4.69, 9.17) is 0 Å². The molecule has 0 fully saturated rings. The fraction of sp³-hybridized carbons (Fsp3) is 0.167. The molecule has 4 heteroatoms. The summed E-state index contributed by atoms with van der Waals surface area (Å²) in [5.74, 6) is -0.476. The summed E-state index contributed by atoms with van der Waals surface area (Å²) in [6.07, 6.45) is 3.21. The van der Waals surface area contributed by atoms with Gasteiger partial charge in [0.1, 0.15) is 0 Å².